The molecule has 0 N–H and O–H groups in total. The van der Waals surface area contributed by atoms with Crippen LogP contribution in [-0.2, 0) is 11.3 Å². The summed E-state index contributed by atoms with van der Waals surface area (Å²) in [5.74, 6) is 0.662. The number of benzene rings is 2. The molecule has 1 saturated carbocycles. The molecular formula is C24H26BrF2NO3. The molecule has 2 aliphatic rings. The van der Waals surface area contributed by atoms with Crippen LogP contribution in [0.1, 0.15) is 31.2 Å². The van der Waals surface area contributed by atoms with Crippen LogP contribution in [0.3, 0.4) is 0 Å². The molecule has 2 atom stereocenters. The van der Waals surface area contributed by atoms with E-state index in [0.717, 1.165) is 56.5 Å². The molecule has 1 amide bonds. The molecule has 4 rings (SSSR count). The van der Waals surface area contributed by atoms with Crippen LogP contribution in [-0.4, -0.2) is 30.7 Å². The van der Waals surface area contributed by atoms with Crippen LogP contribution in [0.2, 0.25) is 0 Å². The number of halogens is 3. The summed E-state index contributed by atoms with van der Waals surface area (Å²) >= 11 is 2.96. The summed E-state index contributed by atoms with van der Waals surface area (Å²) in [5.41, 5.74) is 0.986. The Morgan fingerprint density at radius 2 is 1.84 bits per heavy atom. The fourth-order valence-electron chi connectivity index (χ4n) is 4.44. The Bertz CT molecular complexity index is 903. The van der Waals surface area contributed by atoms with Gasteiger partial charge < -0.3 is 14.4 Å². The fourth-order valence-corrected chi connectivity index (χ4v) is 4.75. The van der Waals surface area contributed by atoms with Crippen LogP contribution >= 0.6 is 15.9 Å². The Morgan fingerprint density at radius 3 is 2.58 bits per heavy atom. The number of carbonyl (C=O) groups is 1. The molecule has 2 aromatic carbocycles. The van der Waals surface area contributed by atoms with E-state index in [1.807, 2.05) is 30.3 Å². The van der Waals surface area contributed by atoms with E-state index in [0.29, 0.717) is 31.0 Å². The molecule has 0 aromatic heterocycles. The van der Waals surface area contributed by atoms with E-state index in [2.05, 4.69) is 15.9 Å². The molecule has 31 heavy (non-hydrogen) atoms. The quantitative estimate of drug-likeness (QED) is 0.432. The molecule has 1 saturated heterocycles. The van der Waals surface area contributed by atoms with E-state index in [-0.39, 0.29) is 16.3 Å². The number of nitrogens with zero attached hydrogens (tertiary/aromatic N) is 1. The van der Waals surface area contributed by atoms with Crippen molar-refractivity contribution in [2.45, 2.75) is 32.3 Å². The van der Waals surface area contributed by atoms with Crippen molar-refractivity contribution in [2.75, 3.05) is 19.7 Å². The minimum Gasteiger partial charge on any atom is -0.490 e. The first kappa shape index (κ1) is 22.1. The highest BCUT2D eigenvalue weighted by Gasteiger charge is 2.43. The number of hydrogen-bond acceptors (Lipinski definition) is 3. The van der Waals surface area contributed by atoms with Gasteiger partial charge in [0.1, 0.15) is 12.4 Å². The van der Waals surface area contributed by atoms with Gasteiger partial charge in [-0.1, -0.05) is 30.3 Å². The van der Waals surface area contributed by atoms with Gasteiger partial charge in [-0.3, -0.25) is 0 Å². The first-order chi connectivity index (χ1) is 15.0. The summed E-state index contributed by atoms with van der Waals surface area (Å²) in [7, 11) is 0. The number of rotatable bonds is 7. The number of ether oxygens (including phenoxy) is 2. The van der Waals surface area contributed by atoms with E-state index in [1.165, 1.54) is 0 Å². The SMILES string of the molecule is O=C(OCc1ccccc1)N1CCC(C2CC2CCOc2cc(F)c(Br)cc2F)CC1. The largest absolute Gasteiger partial charge is 0.490 e. The molecule has 0 bridgehead atoms. The summed E-state index contributed by atoms with van der Waals surface area (Å²) in [5, 5.41) is 0. The highest BCUT2D eigenvalue weighted by atomic mass is 79.9. The zero-order valence-corrected chi connectivity index (χ0v) is 18.8. The Hall–Kier alpha value is -2.15. The lowest BCUT2D eigenvalue weighted by Gasteiger charge is -2.31. The van der Waals surface area contributed by atoms with E-state index in [1.54, 1.807) is 4.90 Å². The molecule has 1 heterocycles. The standard InChI is InChI=1S/C24H26BrF2NO3/c25-20-13-22(27)23(14-21(20)26)30-11-8-18-12-19(18)17-6-9-28(10-7-17)24(29)31-15-16-4-2-1-3-5-16/h1-5,13-14,17-19H,6-12,15H2. The molecule has 1 aliphatic heterocycles. The summed E-state index contributed by atoms with van der Waals surface area (Å²) in [6, 6.07) is 11.8. The van der Waals surface area contributed by atoms with Crippen LogP contribution in [0.25, 0.3) is 0 Å². The molecular weight excluding hydrogens is 468 g/mol. The van der Waals surface area contributed by atoms with Crippen molar-refractivity contribution >= 4 is 22.0 Å². The average Bonchev–Trinajstić information content (AvgIpc) is 3.56. The maximum Gasteiger partial charge on any atom is 0.410 e. The molecule has 166 valence electrons. The third-order valence-corrected chi connectivity index (χ3v) is 6.91. The van der Waals surface area contributed by atoms with Crippen molar-refractivity contribution in [3.8, 4) is 5.75 Å². The predicted molar refractivity (Wildman–Crippen MR) is 117 cm³/mol. The van der Waals surface area contributed by atoms with Gasteiger partial charge in [-0.2, -0.15) is 0 Å². The van der Waals surface area contributed by atoms with Gasteiger partial charge in [0.05, 0.1) is 11.1 Å². The predicted octanol–water partition coefficient (Wildman–Crippen LogP) is 6.18. The van der Waals surface area contributed by atoms with Gasteiger partial charge in [0.2, 0.25) is 0 Å². The molecule has 4 nitrogen and oxygen atoms in total. The number of amides is 1. The van der Waals surface area contributed by atoms with Crippen LogP contribution in [0.5, 0.6) is 5.75 Å². The second kappa shape index (κ2) is 9.98. The number of likely N-dealkylation sites (tertiary alicyclic amines) is 1. The summed E-state index contributed by atoms with van der Waals surface area (Å²) in [6.45, 7) is 2.12. The second-order valence-electron chi connectivity index (χ2n) is 8.36. The molecule has 1 aliphatic carbocycles. The van der Waals surface area contributed by atoms with E-state index >= 15 is 0 Å². The van der Waals surface area contributed by atoms with Gasteiger partial charge in [-0.25, -0.2) is 13.6 Å². The Morgan fingerprint density at radius 1 is 1.10 bits per heavy atom. The number of piperidine rings is 1. The topological polar surface area (TPSA) is 38.8 Å². The van der Waals surface area contributed by atoms with Crippen LogP contribution in [0, 0.1) is 29.4 Å². The first-order valence-electron chi connectivity index (χ1n) is 10.7. The number of carbonyl (C=O) groups excluding carboxylic acids is 1. The normalized spacial score (nSPS) is 21.1. The van der Waals surface area contributed by atoms with E-state index in [4.69, 9.17) is 9.47 Å². The Kier molecular flexibility index (Phi) is 7.10. The van der Waals surface area contributed by atoms with Gasteiger partial charge in [-0.05, 0) is 71.0 Å². The molecule has 2 aromatic rings. The van der Waals surface area contributed by atoms with E-state index < -0.39 is 11.6 Å². The lowest BCUT2D eigenvalue weighted by atomic mass is 9.91. The zero-order valence-electron chi connectivity index (χ0n) is 17.2. The monoisotopic (exact) mass is 493 g/mol. The lowest BCUT2D eigenvalue weighted by Crippen LogP contribution is -2.39. The highest BCUT2D eigenvalue weighted by Crippen LogP contribution is 2.49. The van der Waals surface area contributed by atoms with Crippen LogP contribution < -0.4 is 4.74 Å². The summed E-state index contributed by atoms with van der Waals surface area (Å²) in [4.78, 5) is 14.1. The first-order valence-corrected chi connectivity index (χ1v) is 11.5. The maximum atomic E-state index is 13.8. The number of hydrogen-bond donors (Lipinski definition) is 0. The van der Waals surface area contributed by atoms with Crippen LogP contribution in [0.4, 0.5) is 13.6 Å². The van der Waals surface area contributed by atoms with Crippen LogP contribution in [0.15, 0.2) is 46.9 Å². The second-order valence-corrected chi connectivity index (χ2v) is 9.21. The van der Waals surface area contributed by atoms with Gasteiger partial charge >= 0.3 is 6.09 Å². The third-order valence-electron chi connectivity index (χ3n) is 6.31. The van der Waals surface area contributed by atoms with Gasteiger partial charge in [0.15, 0.2) is 11.6 Å². The van der Waals surface area contributed by atoms with Gasteiger partial charge in [-0.15, -0.1) is 0 Å². The minimum atomic E-state index is -0.563. The van der Waals surface area contributed by atoms with Crippen molar-refractivity contribution in [3.05, 3.63) is 64.1 Å². The summed E-state index contributed by atoms with van der Waals surface area (Å²) in [6.07, 6.45) is 3.70. The molecule has 0 radical (unpaired) electrons. The highest BCUT2D eigenvalue weighted by molar-refractivity contribution is 9.10. The molecule has 2 unspecified atom stereocenters. The van der Waals surface area contributed by atoms with Gasteiger partial charge in [0, 0.05) is 19.2 Å². The van der Waals surface area contributed by atoms with Crippen molar-refractivity contribution in [1.29, 1.82) is 0 Å². The average molecular weight is 494 g/mol. The van der Waals surface area contributed by atoms with Crippen molar-refractivity contribution in [2.24, 2.45) is 17.8 Å². The van der Waals surface area contributed by atoms with Crippen molar-refractivity contribution in [3.63, 3.8) is 0 Å². The summed E-state index contributed by atoms with van der Waals surface area (Å²) < 4.78 is 38.4. The minimum absolute atomic E-state index is 0.0415. The Balaban J connectivity index is 1.15. The van der Waals surface area contributed by atoms with Crippen molar-refractivity contribution in [1.82, 2.24) is 4.90 Å². The lowest BCUT2D eigenvalue weighted by molar-refractivity contribution is 0.0796. The van der Waals surface area contributed by atoms with Gasteiger partial charge in [0.25, 0.3) is 0 Å². The smallest absolute Gasteiger partial charge is 0.410 e. The zero-order chi connectivity index (χ0) is 21.8. The molecule has 2 fully saturated rings. The molecule has 0 spiro atoms. The fraction of sp³-hybridized carbons (Fsp3) is 0.458. The maximum absolute atomic E-state index is 13.8. The third kappa shape index (κ3) is 5.76. The van der Waals surface area contributed by atoms with E-state index in [9.17, 15) is 13.6 Å². The van der Waals surface area contributed by atoms with Crippen molar-refractivity contribution < 1.29 is 23.0 Å². The molecule has 7 heteroatoms. The Labute approximate surface area is 189 Å².